The van der Waals surface area contributed by atoms with Crippen molar-refractivity contribution < 1.29 is 4.74 Å². The summed E-state index contributed by atoms with van der Waals surface area (Å²) in [6.45, 7) is 11.5. The van der Waals surface area contributed by atoms with E-state index in [1.807, 2.05) is 7.05 Å². The zero-order valence-corrected chi connectivity index (χ0v) is 18.5. The molecule has 0 atom stereocenters. The second-order valence-electron chi connectivity index (χ2n) is 7.62. The van der Waals surface area contributed by atoms with Crippen LogP contribution in [0.3, 0.4) is 0 Å². The van der Waals surface area contributed by atoms with Gasteiger partial charge in [-0.25, -0.2) is 0 Å². The summed E-state index contributed by atoms with van der Waals surface area (Å²) in [5.41, 5.74) is 1.35. The molecule has 0 saturated carbocycles. The Morgan fingerprint density at radius 1 is 0.931 bits per heavy atom. The van der Waals surface area contributed by atoms with Gasteiger partial charge in [0.1, 0.15) is 0 Å². The molecule has 2 rings (SSSR count). The van der Waals surface area contributed by atoms with E-state index in [-0.39, 0.29) is 0 Å². The van der Waals surface area contributed by atoms with Crippen LogP contribution in [-0.4, -0.2) is 76.9 Å². The molecule has 1 aromatic rings. The number of para-hydroxylation sites is 1. The van der Waals surface area contributed by atoms with E-state index in [0.717, 1.165) is 71.3 Å². The molecule has 1 saturated heterocycles. The number of nitrogens with one attached hydrogen (secondary N) is 2. The first-order chi connectivity index (χ1) is 14.3. The molecule has 0 aromatic heterocycles. The van der Waals surface area contributed by atoms with E-state index in [9.17, 15) is 0 Å². The van der Waals surface area contributed by atoms with Gasteiger partial charge in [0.15, 0.2) is 5.96 Å². The number of benzene rings is 1. The molecular weight excluding hydrogens is 362 g/mol. The summed E-state index contributed by atoms with van der Waals surface area (Å²) in [5, 5.41) is 6.78. The molecule has 1 fully saturated rings. The molecule has 0 amide bonds. The van der Waals surface area contributed by atoms with E-state index in [1.54, 1.807) is 0 Å². The molecule has 6 heteroatoms. The van der Waals surface area contributed by atoms with Crippen LogP contribution < -0.4 is 15.5 Å². The standard InChI is InChI=1S/C23H41N5O/c1-3-4-20-29-21-10-14-26-23(24-2)25-13-8-9-15-27-16-18-28(19-17-27)22-11-6-5-7-12-22/h5-7,11-12H,3-4,8-10,13-21H2,1-2H3,(H2,24,25,26). The summed E-state index contributed by atoms with van der Waals surface area (Å²) in [7, 11) is 1.83. The first kappa shape index (κ1) is 23.5. The average molecular weight is 404 g/mol. The number of guanidine groups is 1. The first-order valence-electron chi connectivity index (χ1n) is 11.4. The van der Waals surface area contributed by atoms with Crippen LogP contribution in [0.1, 0.15) is 39.0 Å². The summed E-state index contributed by atoms with van der Waals surface area (Å²) in [5.74, 6) is 0.898. The normalized spacial score (nSPS) is 15.5. The Balaban J connectivity index is 1.46. The Labute approximate surface area is 177 Å². The van der Waals surface area contributed by atoms with Gasteiger partial charge in [-0.2, -0.15) is 0 Å². The third kappa shape index (κ3) is 9.99. The number of piperazine rings is 1. The molecule has 0 aliphatic carbocycles. The minimum absolute atomic E-state index is 0.821. The lowest BCUT2D eigenvalue weighted by Crippen LogP contribution is -2.46. The number of hydrogen-bond donors (Lipinski definition) is 2. The zero-order chi connectivity index (χ0) is 20.6. The minimum atomic E-state index is 0.821. The van der Waals surface area contributed by atoms with E-state index in [4.69, 9.17) is 4.74 Å². The molecule has 29 heavy (non-hydrogen) atoms. The van der Waals surface area contributed by atoms with Gasteiger partial charge in [-0.15, -0.1) is 0 Å². The van der Waals surface area contributed by atoms with Crippen LogP contribution in [0, 0.1) is 0 Å². The number of unbranched alkanes of at least 4 members (excludes halogenated alkanes) is 2. The molecule has 6 nitrogen and oxygen atoms in total. The number of anilines is 1. The van der Waals surface area contributed by atoms with Crippen molar-refractivity contribution >= 4 is 11.6 Å². The highest BCUT2D eigenvalue weighted by Gasteiger charge is 2.16. The summed E-state index contributed by atoms with van der Waals surface area (Å²) in [6.07, 6.45) is 5.75. The van der Waals surface area contributed by atoms with Crippen LogP contribution in [-0.2, 0) is 4.74 Å². The minimum Gasteiger partial charge on any atom is -0.381 e. The number of hydrogen-bond acceptors (Lipinski definition) is 4. The van der Waals surface area contributed by atoms with Gasteiger partial charge in [-0.05, 0) is 44.4 Å². The van der Waals surface area contributed by atoms with Crippen molar-refractivity contribution in [3.8, 4) is 0 Å². The van der Waals surface area contributed by atoms with Gasteiger partial charge >= 0.3 is 0 Å². The summed E-state index contributed by atoms with van der Waals surface area (Å²) < 4.78 is 5.58. The highest BCUT2D eigenvalue weighted by molar-refractivity contribution is 5.79. The van der Waals surface area contributed by atoms with E-state index in [0.29, 0.717) is 0 Å². The average Bonchev–Trinajstić information content (AvgIpc) is 2.78. The summed E-state index contributed by atoms with van der Waals surface area (Å²) >= 11 is 0. The van der Waals surface area contributed by atoms with Crippen molar-refractivity contribution in [2.75, 3.05) is 71.0 Å². The highest BCUT2D eigenvalue weighted by Crippen LogP contribution is 2.15. The van der Waals surface area contributed by atoms with Crippen LogP contribution in [0.5, 0.6) is 0 Å². The lowest BCUT2D eigenvalue weighted by molar-refractivity contribution is 0.129. The number of ether oxygens (including phenoxy) is 1. The van der Waals surface area contributed by atoms with Crippen molar-refractivity contribution in [1.82, 2.24) is 15.5 Å². The maximum Gasteiger partial charge on any atom is 0.190 e. The van der Waals surface area contributed by atoms with Crippen LogP contribution in [0.25, 0.3) is 0 Å². The number of nitrogens with zero attached hydrogens (tertiary/aromatic N) is 3. The van der Waals surface area contributed by atoms with Crippen LogP contribution in [0.2, 0.25) is 0 Å². The largest absolute Gasteiger partial charge is 0.381 e. The second-order valence-corrected chi connectivity index (χ2v) is 7.62. The molecule has 1 aliphatic heterocycles. The summed E-state index contributed by atoms with van der Waals surface area (Å²) in [4.78, 5) is 9.37. The van der Waals surface area contributed by atoms with Crippen molar-refractivity contribution in [3.05, 3.63) is 30.3 Å². The molecule has 0 bridgehead atoms. The molecule has 0 unspecified atom stereocenters. The van der Waals surface area contributed by atoms with Crippen molar-refractivity contribution in [3.63, 3.8) is 0 Å². The predicted molar refractivity (Wildman–Crippen MR) is 124 cm³/mol. The second kappa shape index (κ2) is 15.1. The Morgan fingerprint density at radius 2 is 1.62 bits per heavy atom. The van der Waals surface area contributed by atoms with Crippen LogP contribution >= 0.6 is 0 Å². The van der Waals surface area contributed by atoms with Gasteiger partial charge in [0.25, 0.3) is 0 Å². The van der Waals surface area contributed by atoms with Crippen molar-refractivity contribution in [2.45, 2.75) is 39.0 Å². The highest BCUT2D eigenvalue weighted by atomic mass is 16.5. The fourth-order valence-corrected chi connectivity index (χ4v) is 3.49. The predicted octanol–water partition coefficient (Wildman–Crippen LogP) is 2.96. The lowest BCUT2D eigenvalue weighted by Gasteiger charge is -2.36. The SMILES string of the molecule is CCCCOCCCNC(=NC)NCCCCN1CCN(c2ccccc2)CC1. The first-order valence-corrected chi connectivity index (χ1v) is 11.4. The fourth-order valence-electron chi connectivity index (χ4n) is 3.49. The van der Waals surface area contributed by atoms with E-state index >= 15 is 0 Å². The van der Waals surface area contributed by atoms with Gasteiger partial charge < -0.3 is 20.3 Å². The third-order valence-corrected chi connectivity index (χ3v) is 5.31. The molecule has 1 heterocycles. The Morgan fingerprint density at radius 3 is 2.31 bits per heavy atom. The molecule has 2 N–H and O–H groups in total. The topological polar surface area (TPSA) is 52.1 Å². The van der Waals surface area contributed by atoms with Gasteiger partial charge in [-0.3, -0.25) is 9.89 Å². The smallest absolute Gasteiger partial charge is 0.190 e. The van der Waals surface area contributed by atoms with Crippen LogP contribution in [0.4, 0.5) is 5.69 Å². The van der Waals surface area contributed by atoms with E-state index in [1.165, 1.54) is 31.5 Å². The molecule has 164 valence electrons. The monoisotopic (exact) mass is 403 g/mol. The zero-order valence-electron chi connectivity index (χ0n) is 18.5. The Bertz CT molecular complexity index is 543. The van der Waals surface area contributed by atoms with E-state index < -0.39 is 0 Å². The fraction of sp³-hybridized carbons (Fsp3) is 0.696. The molecular formula is C23H41N5O. The van der Waals surface area contributed by atoms with Gasteiger partial charge in [0.2, 0.25) is 0 Å². The van der Waals surface area contributed by atoms with Gasteiger partial charge in [0, 0.05) is 65.2 Å². The van der Waals surface area contributed by atoms with Crippen LogP contribution in [0.15, 0.2) is 35.3 Å². The third-order valence-electron chi connectivity index (χ3n) is 5.31. The van der Waals surface area contributed by atoms with Crippen molar-refractivity contribution in [2.24, 2.45) is 4.99 Å². The molecule has 1 aromatic carbocycles. The molecule has 1 aliphatic rings. The quantitative estimate of drug-likeness (QED) is 0.301. The van der Waals surface area contributed by atoms with E-state index in [2.05, 4.69) is 62.7 Å². The Kier molecular flexibility index (Phi) is 12.2. The summed E-state index contributed by atoms with van der Waals surface area (Å²) in [6, 6.07) is 10.8. The van der Waals surface area contributed by atoms with Gasteiger partial charge in [-0.1, -0.05) is 31.5 Å². The number of rotatable bonds is 13. The van der Waals surface area contributed by atoms with Crippen molar-refractivity contribution in [1.29, 1.82) is 0 Å². The lowest BCUT2D eigenvalue weighted by atomic mass is 10.2. The maximum atomic E-state index is 5.58. The van der Waals surface area contributed by atoms with Gasteiger partial charge in [0.05, 0.1) is 0 Å². The molecule has 0 spiro atoms. The molecule has 0 radical (unpaired) electrons. The Hall–Kier alpha value is -1.79. The maximum absolute atomic E-state index is 5.58. The number of aliphatic imine (C=N–C) groups is 1.